The molecule has 126 valence electrons. The van der Waals surface area contributed by atoms with Gasteiger partial charge in [-0.1, -0.05) is 32.9 Å². The Morgan fingerprint density at radius 2 is 2.17 bits per heavy atom. The largest absolute Gasteiger partial charge is 0.331 e. The lowest BCUT2D eigenvalue weighted by Gasteiger charge is -2.27. The molecule has 1 amide bonds. The summed E-state index contributed by atoms with van der Waals surface area (Å²) in [6, 6.07) is 3.44. The first kappa shape index (κ1) is 17.7. The van der Waals surface area contributed by atoms with Crippen molar-refractivity contribution in [3.05, 3.63) is 42.2 Å². The lowest BCUT2D eigenvalue weighted by Crippen LogP contribution is -2.39. The second-order valence-electron chi connectivity index (χ2n) is 7.08. The third kappa shape index (κ3) is 5.46. The summed E-state index contributed by atoms with van der Waals surface area (Å²) in [4.78, 5) is 18.3. The van der Waals surface area contributed by atoms with E-state index in [0.29, 0.717) is 13.0 Å². The SMILES string of the molecule is CC(C)(C)/C=C/C(=O)N(Cc1cccnc1)[C@@H]1CCS(=O)(=O)C1. The van der Waals surface area contributed by atoms with E-state index in [1.807, 2.05) is 39.0 Å². The van der Waals surface area contributed by atoms with Gasteiger partial charge >= 0.3 is 0 Å². The second-order valence-corrected chi connectivity index (χ2v) is 9.31. The van der Waals surface area contributed by atoms with E-state index >= 15 is 0 Å². The molecular formula is C17H24N2O3S. The Morgan fingerprint density at radius 1 is 1.43 bits per heavy atom. The molecule has 0 spiro atoms. The van der Waals surface area contributed by atoms with Crippen LogP contribution >= 0.6 is 0 Å². The Hall–Kier alpha value is -1.69. The standard InChI is InChI=1S/C17H24N2O3S/c1-17(2,3)8-6-16(20)19(12-14-5-4-9-18-11-14)15-7-10-23(21,22)13-15/h4-6,8-9,11,15H,7,10,12-13H2,1-3H3/b8-6+/t15-/m1/s1. The van der Waals surface area contributed by atoms with Crippen LogP contribution < -0.4 is 0 Å². The van der Waals surface area contributed by atoms with Crippen LogP contribution in [0, 0.1) is 5.41 Å². The van der Waals surface area contributed by atoms with Crippen LogP contribution in [-0.2, 0) is 21.2 Å². The third-order valence-corrected chi connectivity index (χ3v) is 5.48. The van der Waals surface area contributed by atoms with Crippen LogP contribution in [0.5, 0.6) is 0 Å². The maximum Gasteiger partial charge on any atom is 0.246 e. The van der Waals surface area contributed by atoms with Crippen molar-refractivity contribution in [1.82, 2.24) is 9.88 Å². The van der Waals surface area contributed by atoms with Gasteiger partial charge in [-0.15, -0.1) is 0 Å². The Bertz CT molecular complexity index is 676. The normalized spacial score (nSPS) is 20.7. The summed E-state index contributed by atoms with van der Waals surface area (Å²) < 4.78 is 23.5. The van der Waals surface area contributed by atoms with Gasteiger partial charge < -0.3 is 4.90 Å². The zero-order valence-electron chi connectivity index (χ0n) is 13.9. The highest BCUT2D eigenvalue weighted by molar-refractivity contribution is 7.91. The number of nitrogens with zero attached hydrogens (tertiary/aromatic N) is 2. The summed E-state index contributed by atoms with van der Waals surface area (Å²) in [5.74, 6) is 0.0469. The van der Waals surface area contributed by atoms with Crippen LogP contribution in [0.25, 0.3) is 0 Å². The molecule has 0 saturated carbocycles. The van der Waals surface area contributed by atoms with Crippen molar-refractivity contribution < 1.29 is 13.2 Å². The van der Waals surface area contributed by atoms with Crippen molar-refractivity contribution >= 4 is 15.7 Å². The molecule has 1 atom stereocenters. The van der Waals surface area contributed by atoms with E-state index in [0.717, 1.165) is 5.56 Å². The molecule has 5 nitrogen and oxygen atoms in total. The maximum atomic E-state index is 12.6. The number of amides is 1. The molecule has 2 heterocycles. The average molecular weight is 336 g/mol. The molecule has 0 radical (unpaired) electrons. The molecule has 0 unspecified atom stereocenters. The Morgan fingerprint density at radius 3 is 2.70 bits per heavy atom. The Labute approximate surface area is 138 Å². The molecule has 1 aromatic rings. The summed E-state index contributed by atoms with van der Waals surface area (Å²) in [6.07, 6.45) is 7.29. The van der Waals surface area contributed by atoms with Crippen molar-refractivity contribution in [2.75, 3.05) is 11.5 Å². The molecule has 0 aliphatic carbocycles. The van der Waals surface area contributed by atoms with Gasteiger partial charge in [0.15, 0.2) is 9.84 Å². The molecular weight excluding hydrogens is 312 g/mol. The van der Waals surface area contributed by atoms with Crippen molar-refractivity contribution in [3.8, 4) is 0 Å². The van der Waals surface area contributed by atoms with Crippen LogP contribution in [0.1, 0.15) is 32.8 Å². The van der Waals surface area contributed by atoms with Gasteiger partial charge in [0.25, 0.3) is 0 Å². The molecule has 1 saturated heterocycles. The summed E-state index contributed by atoms with van der Waals surface area (Å²) >= 11 is 0. The van der Waals surface area contributed by atoms with Crippen molar-refractivity contribution in [2.45, 2.75) is 39.8 Å². The predicted molar refractivity (Wildman–Crippen MR) is 90.4 cm³/mol. The minimum atomic E-state index is -3.04. The lowest BCUT2D eigenvalue weighted by atomic mass is 9.96. The number of hydrogen-bond donors (Lipinski definition) is 0. The minimum absolute atomic E-state index is 0.0440. The number of allylic oxidation sites excluding steroid dienone is 1. The van der Waals surface area contributed by atoms with Gasteiger partial charge in [0.1, 0.15) is 0 Å². The number of hydrogen-bond acceptors (Lipinski definition) is 4. The minimum Gasteiger partial charge on any atom is -0.331 e. The number of carbonyl (C=O) groups excluding carboxylic acids is 1. The molecule has 0 aromatic carbocycles. The van der Waals surface area contributed by atoms with Crippen molar-refractivity contribution in [1.29, 1.82) is 0 Å². The predicted octanol–water partition coefficient (Wildman–Crippen LogP) is 2.20. The Balaban J connectivity index is 2.21. The fourth-order valence-electron chi connectivity index (χ4n) is 2.51. The summed E-state index contributed by atoms with van der Waals surface area (Å²) in [6.45, 7) is 6.42. The summed E-state index contributed by atoms with van der Waals surface area (Å²) in [5, 5.41) is 0. The van der Waals surface area contributed by atoms with E-state index in [2.05, 4.69) is 4.98 Å². The number of pyridine rings is 1. The zero-order chi connectivity index (χ0) is 17.1. The van der Waals surface area contributed by atoms with Crippen molar-refractivity contribution in [3.63, 3.8) is 0 Å². The van der Waals surface area contributed by atoms with E-state index < -0.39 is 9.84 Å². The van der Waals surface area contributed by atoms with Crippen LogP contribution in [0.15, 0.2) is 36.7 Å². The molecule has 1 fully saturated rings. The number of carbonyl (C=O) groups is 1. The van der Waals surface area contributed by atoms with E-state index in [4.69, 9.17) is 0 Å². The molecule has 0 N–H and O–H groups in total. The van der Waals surface area contributed by atoms with Crippen LogP contribution in [-0.4, -0.2) is 41.8 Å². The highest BCUT2D eigenvalue weighted by Crippen LogP contribution is 2.21. The highest BCUT2D eigenvalue weighted by Gasteiger charge is 2.34. The molecule has 1 aromatic heterocycles. The quantitative estimate of drug-likeness (QED) is 0.791. The van der Waals surface area contributed by atoms with Gasteiger partial charge in [-0.3, -0.25) is 9.78 Å². The van der Waals surface area contributed by atoms with E-state index in [-0.39, 0.29) is 28.9 Å². The Kier molecular flexibility index (Phi) is 5.24. The topological polar surface area (TPSA) is 67.3 Å². The lowest BCUT2D eigenvalue weighted by molar-refractivity contribution is -0.128. The number of sulfone groups is 1. The van der Waals surface area contributed by atoms with Crippen LogP contribution in [0.2, 0.25) is 0 Å². The third-order valence-electron chi connectivity index (χ3n) is 3.73. The van der Waals surface area contributed by atoms with Gasteiger partial charge in [0.05, 0.1) is 11.5 Å². The first-order valence-corrected chi connectivity index (χ1v) is 9.58. The van der Waals surface area contributed by atoms with E-state index in [1.165, 1.54) is 0 Å². The van der Waals surface area contributed by atoms with E-state index in [9.17, 15) is 13.2 Å². The molecule has 0 bridgehead atoms. The number of rotatable bonds is 4. The van der Waals surface area contributed by atoms with Gasteiger partial charge in [0, 0.05) is 25.0 Å². The first-order chi connectivity index (χ1) is 10.7. The molecule has 1 aliphatic heterocycles. The van der Waals surface area contributed by atoms with Crippen LogP contribution in [0.4, 0.5) is 0 Å². The first-order valence-electron chi connectivity index (χ1n) is 7.75. The monoisotopic (exact) mass is 336 g/mol. The van der Waals surface area contributed by atoms with Gasteiger partial charge in [0.2, 0.25) is 5.91 Å². The van der Waals surface area contributed by atoms with E-state index in [1.54, 1.807) is 23.4 Å². The van der Waals surface area contributed by atoms with Crippen molar-refractivity contribution in [2.24, 2.45) is 5.41 Å². The summed E-state index contributed by atoms with van der Waals surface area (Å²) in [7, 11) is -3.04. The molecule has 23 heavy (non-hydrogen) atoms. The highest BCUT2D eigenvalue weighted by atomic mass is 32.2. The number of aromatic nitrogens is 1. The molecule has 2 rings (SSSR count). The smallest absolute Gasteiger partial charge is 0.246 e. The van der Waals surface area contributed by atoms with Gasteiger partial charge in [-0.2, -0.15) is 0 Å². The fourth-order valence-corrected chi connectivity index (χ4v) is 4.24. The summed E-state index contributed by atoms with van der Waals surface area (Å²) in [5.41, 5.74) is 0.798. The fraction of sp³-hybridized carbons (Fsp3) is 0.529. The average Bonchev–Trinajstić information content (AvgIpc) is 2.82. The molecule has 1 aliphatic rings. The maximum absolute atomic E-state index is 12.6. The van der Waals surface area contributed by atoms with Gasteiger partial charge in [-0.25, -0.2) is 8.42 Å². The van der Waals surface area contributed by atoms with Crippen LogP contribution in [0.3, 0.4) is 0 Å². The molecule has 6 heteroatoms. The zero-order valence-corrected chi connectivity index (χ0v) is 14.7. The second kappa shape index (κ2) is 6.83. The van der Waals surface area contributed by atoms with Gasteiger partial charge in [-0.05, 0) is 29.5 Å².